The molecule has 0 saturated heterocycles. The molecule has 1 aromatic carbocycles. The van der Waals surface area contributed by atoms with Crippen molar-refractivity contribution in [1.82, 2.24) is 0 Å². The van der Waals surface area contributed by atoms with E-state index in [0.717, 1.165) is 41.5 Å². The van der Waals surface area contributed by atoms with Crippen molar-refractivity contribution in [3.8, 4) is 5.75 Å². The molecule has 2 fully saturated rings. The van der Waals surface area contributed by atoms with Crippen LogP contribution >= 0.6 is 0 Å². The third kappa shape index (κ3) is 2.41. The second-order valence-corrected chi connectivity index (χ2v) is 6.69. The van der Waals surface area contributed by atoms with Crippen molar-refractivity contribution in [3.63, 3.8) is 0 Å². The molecule has 0 atom stereocenters. The molecule has 3 rings (SSSR count). The Labute approximate surface area is 121 Å². The Morgan fingerprint density at radius 3 is 2.68 bits per heavy atom. The van der Waals surface area contributed by atoms with Crippen LogP contribution in [0.2, 0.25) is 0 Å². The molecule has 0 amide bonds. The van der Waals surface area contributed by atoms with Crippen LogP contribution in [0.5, 0.6) is 5.75 Å². The van der Waals surface area contributed by atoms with Crippen LogP contribution in [-0.2, 0) is 10.2 Å². The van der Waals surface area contributed by atoms with E-state index in [2.05, 4.69) is 16.9 Å². The van der Waals surface area contributed by atoms with Gasteiger partial charge in [0, 0.05) is 0 Å². The van der Waals surface area contributed by atoms with Gasteiger partial charge in [-0.3, -0.25) is 0 Å². The van der Waals surface area contributed by atoms with Gasteiger partial charge in [0.15, 0.2) is 0 Å². The van der Waals surface area contributed by atoms with Crippen molar-refractivity contribution in [2.75, 3.05) is 6.61 Å². The number of carboxylic acids is 1. The van der Waals surface area contributed by atoms with Gasteiger partial charge in [-0.25, -0.2) is 0 Å². The summed E-state index contributed by atoms with van der Waals surface area (Å²) in [5.74, 6) is 0.829. The third-order valence-electron chi connectivity index (χ3n) is 4.30. The van der Waals surface area contributed by atoms with Gasteiger partial charge in [-0.1, -0.05) is 0 Å². The summed E-state index contributed by atoms with van der Waals surface area (Å²) < 4.78 is 6.86. The third-order valence-corrected chi connectivity index (χ3v) is 5.08. The van der Waals surface area contributed by atoms with Crippen LogP contribution < -0.4 is 9.09 Å². The Kier molecular flexibility index (Phi) is 3.34. The van der Waals surface area contributed by atoms with Gasteiger partial charge >= 0.3 is 121 Å². The van der Waals surface area contributed by atoms with E-state index in [9.17, 15) is 9.90 Å². The molecule has 1 N–H and O–H groups in total. The Morgan fingerprint density at radius 1 is 1.42 bits per heavy atom. The average Bonchev–Trinajstić information content (AvgIpc) is 3.11. The first-order valence-electron chi connectivity index (χ1n) is 6.81. The van der Waals surface area contributed by atoms with Gasteiger partial charge < -0.3 is 0 Å². The molecule has 2 aliphatic carbocycles. The molecule has 0 aliphatic heterocycles. The zero-order chi connectivity index (χ0) is 13.5. The van der Waals surface area contributed by atoms with Crippen LogP contribution in [0.1, 0.15) is 37.7 Å². The van der Waals surface area contributed by atoms with Gasteiger partial charge in [0.2, 0.25) is 0 Å². The van der Waals surface area contributed by atoms with E-state index in [4.69, 9.17) is 4.74 Å². The normalized spacial score (nSPS) is 20.7. The molecule has 0 unspecified atom stereocenters. The summed E-state index contributed by atoms with van der Waals surface area (Å²) in [6.45, 7) is 0.758. The van der Waals surface area contributed by atoms with E-state index in [0.29, 0.717) is 5.92 Å². The van der Waals surface area contributed by atoms with Gasteiger partial charge in [-0.2, -0.15) is 0 Å². The van der Waals surface area contributed by atoms with Gasteiger partial charge in [-0.15, -0.1) is 0 Å². The number of rotatable bonds is 5. The Balaban J connectivity index is 1.85. The van der Waals surface area contributed by atoms with Crippen LogP contribution in [0.3, 0.4) is 0 Å². The molecule has 2 saturated carbocycles. The number of carboxylic acid groups (broad SMARTS) is 1. The summed E-state index contributed by atoms with van der Waals surface area (Å²) >= 11 is 2.50. The molecular formula is C15H17AsO3. The summed E-state index contributed by atoms with van der Waals surface area (Å²) in [6.07, 6.45) is 4.98. The van der Waals surface area contributed by atoms with Crippen LogP contribution in [0.4, 0.5) is 0 Å². The maximum atomic E-state index is 11.5. The second-order valence-electron chi connectivity index (χ2n) is 5.68. The second kappa shape index (κ2) is 4.86. The zero-order valence-corrected chi connectivity index (χ0v) is 12.6. The standard InChI is InChI=1S/C15H17AsO3/c16-12-5-4-11(15(14(17)18)6-1-7-15)8-13(12)19-9-10-2-3-10/h4-5,8,10H,1-3,6-7,9H2,(H,17,18). The average molecular weight is 320 g/mol. The number of ether oxygens (including phenoxy) is 1. The number of aliphatic carboxylic acids is 1. The van der Waals surface area contributed by atoms with Gasteiger partial charge in [0.05, 0.1) is 0 Å². The molecule has 100 valence electrons. The predicted molar refractivity (Wildman–Crippen MR) is 73.2 cm³/mol. The first-order chi connectivity index (χ1) is 9.12. The summed E-state index contributed by atoms with van der Waals surface area (Å²) in [5, 5.41) is 9.48. The number of hydrogen-bond donors (Lipinski definition) is 1. The molecule has 3 nitrogen and oxygen atoms in total. The van der Waals surface area contributed by atoms with E-state index >= 15 is 0 Å². The minimum atomic E-state index is -0.703. The monoisotopic (exact) mass is 320 g/mol. The fraction of sp³-hybridized carbons (Fsp3) is 0.533. The molecule has 0 bridgehead atoms. The Morgan fingerprint density at radius 2 is 2.16 bits per heavy atom. The molecule has 0 aromatic heterocycles. The summed E-state index contributed by atoms with van der Waals surface area (Å²) in [6, 6.07) is 5.83. The molecule has 0 spiro atoms. The Hall–Kier alpha value is -0.952. The number of benzene rings is 1. The van der Waals surface area contributed by atoms with Gasteiger partial charge in [0.25, 0.3) is 0 Å². The maximum absolute atomic E-state index is 11.5. The van der Waals surface area contributed by atoms with E-state index in [1.165, 1.54) is 12.8 Å². The molecule has 2 aliphatic rings. The topological polar surface area (TPSA) is 46.5 Å². The van der Waals surface area contributed by atoms with Crippen molar-refractivity contribution in [3.05, 3.63) is 23.8 Å². The SMILES string of the molecule is O=C(O)C1(c2ccc([As])c(OCC3CC3)c2)CCC1. The van der Waals surface area contributed by atoms with Crippen molar-refractivity contribution >= 4 is 27.2 Å². The summed E-state index contributed by atoms with van der Waals surface area (Å²) in [4.78, 5) is 11.5. The summed E-state index contributed by atoms with van der Waals surface area (Å²) in [5.41, 5.74) is 0.227. The molecule has 4 heteroatoms. The van der Waals surface area contributed by atoms with Crippen LogP contribution in [0.25, 0.3) is 0 Å². The van der Waals surface area contributed by atoms with Crippen LogP contribution in [-0.4, -0.2) is 34.5 Å². The molecular weight excluding hydrogens is 303 g/mol. The molecule has 2 radical (unpaired) electrons. The van der Waals surface area contributed by atoms with Crippen molar-refractivity contribution in [2.24, 2.45) is 5.92 Å². The summed E-state index contributed by atoms with van der Waals surface area (Å²) in [7, 11) is 0. The van der Waals surface area contributed by atoms with Crippen molar-refractivity contribution < 1.29 is 14.6 Å². The zero-order valence-electron chi connectivity index (χ0n) is 10.8. The van der Waals surface area contributed by atoms with E-state index in [-0.39, 0.29) is 0 Å². The first kappa shape index (κ1) is 13.1. The van der Waals surface area contributed by atoms with Crippen LogP contribution in [0.15, 0.2) is 18.2 Å². The van der Waals surface area contributed by atoms with Gasteiger partial charge in [0.1, 0.15) is 0 Å². The van der Waals surface area contributed by atoms with Crippen molar-refractivity contribution in [2.45, 2.75) is 37.5 Å². The molecule has 0 heterocycles. The van der Waals surface area contributed by atoms with E-state index in [1.807, 2.05) is 18.2 Å². The fourth-order valence-electron chi connectivity index (χ4n) is 2.58. The Bertz CT molecular complexity index is 504. The minimum absolute atomic E-state index is 0.668. The van der Waals surface area contributed by atoms with E-state index in [1.54, 1.807) is 0 Å². The molecule has 19 heavy (non-hydrogen) atoms. The number of carbonyl (C=O) groups is 1. The first-order valence-corrected chi connectivity index (χ1v) is 7.75. The predicted octanol–water partition coefficient (Wildman–Crippen LogP) is 1.78. The van der Waals surface area contributed by atoms with E-state index < -0.39 is 11.4 Å². The fourth-order valence-corrected chi connectivity index (χ4v) is 3.00. The van der Waals surface area contributed by atoms with Crippen molar-refractivity contribution in [1.29, 1.82) is 0 Å². The number of hydrogen-bond acceptors (Lipinski definition) is 2. The van der Waals surface area contributed by atoms with Gasteiger partial charge in [-0.05, 0) is 0 Å². The quantitative estimate of drug-likeness (QED) is 0.841. The van der Waals surface area contributed by atoms with Crippen LogP contribution in [0, 0.1) is 5.92 Å². The molecule has 1 aromatic rings.